The number of aryl methyl sites for hydroxylation is 1. The summed E-state index contributed by atoms with van der Waals surface area (Å²) in [5.74, 6) is 0.676. The van der Waals surface area contributed by atoms with E-state index in [-0.39, 0.29) is 5.91 Å². The summed E-state index contributed by atoms with van der Waals surface area (Å²) < 4.78 is 1.81. The molecule has 18 heavy (non-hydrogen) atoms. The molecule has 1 aliphatic rings. The number of piperidine rings is 1. The lowest BCUT2D eigenvalue weighted by molar-refractivity contribution is 0.0721. The van der Waals surface area contributed by atoms with Crippen molar-refractivity contribution in [1.82, 2.24) is 19.8 Å². The number of aromatic nitrogens is 2. The van der Waals surface area contributed by atoms with Gasteiger partial charge in [0.25, 0.3) is 5.91 Å². The number of carbonyl (C=O) groups is 1. The molecule has 0 aliphatic carbocycles. The van der Waals surface area contributed by atoms with Gasteiger partial charge in [-0.15, -0.1) is 0 Å². The zero-order valence-corrected chi connectivity index (χ0v) is 11.2. The van der Waals surface area contributed by atoms with Crippen LogP contribution in [0.1, 0.15) is 30.3 Å². The Morgan fingerprint density at radius 3 is 2.83 bits per heavy atom. The van der Waals surface area contributed by atoms with Crippen molar-refractivity contribution in [2.45, 2.75) is 19.8 Å². The minimum absolute atomic E-state index is 0.0524. The summed E-state index contributed by atoms with van der Waals surface area (Å²) in [7, 11) is 1.88. The van der Waals surface area contributed by atoms with Gasteiger partial charge in [-0.2, -0.15) is 0 Å². The van der Waals surface area contributed by atoms with Crippen LogP contribution in [0.25, 0.3) is 0 Å². The molecule has 0 aromatic carbocycles. The van der Waals surface area contributed by atoms with Gasteiger partial charge >= 0.3 is 0 Å². The molecular formula is C13H22N4O. The Bertz CT molecular complexity index is 395. The number of amides is 1. The van der Waals surface area contributed by atoms with Gasteiger partial charge < -0.3 is 14.8 Å². The first-order chi connectivity index (χ1) is 8.70. The Morgan fingerprint density at radius 2 is 2.28 bits per heavy atom. The van der Waals surface area contributed by atoms with Crippen molar-refractivity contribution in [1.29, 1.82) is 0 Å². The highest BCUT2D eigenvalue weighted by Crippen LogP contribution is 2.14. The quantitative estimate of drug-likeness (QED) is 0.863. The summed E-state index contributed by atoms with van der Waals surface area (Å²) in [6, 6.07) is 0. The van der Waals surface area contributed by atoms with E-state index in [0.29, 0.717) is 11.6 Å². The molecule has 0 bridgehead atoms. The van der Waals surface area contributed by atoms with Crippen LogP contribution in [0.4, 0.5) is 0 Å². The minimum Gasteiger partial charge on any atom is -0.340 e. The molecule has 1 aliphatic heterocycles. The van der Waals surface area contributed by atoms with E-state index in [0.717, 1.165) is 39.0 Å². The molecule has 0 spiro atoms. The average molecular weight is 250 g/mol. The molecule has 2 heterocycles. The molecule has 0 saturated carbocycles. The fourth-order valence-corrected chi connectivity index (χ4v) is 2.42. The largest absolute Gasteiger partial charge is 0.340 e. The topological polar surface area (TPSA) is 50.2 Å². The van der Waals surface area contributed by atoms with Gasteiger partial charge in [-0.05, 0) is 38.8 Å². The molecule has 5 nitrogen and oxygen atoms in total. The fourth-order valence-electron chi connectivity index (χ4n) is 2.42. The molecule has 100 valence electrons. The molecular weight excluding hydrogens is 228 g/mol. The number of nitrogens with zero attached hydrogens (tertiary/aromatic N) is 3. The van der Waals surface area contributed by atoms with Crippen molar-refractivity contribution in [2.75, 3.05) is 26.2 Å². The van der Waals surface area contributed by atoms with Gasteiger partial charge in [0, 0.05) is 26.3 Å². The Kier molecular flexibility index (Phi) is 4.36. The van der Waals surface area contributed by atoms with Crippen molar-refractivity contribution in [3.63, 3.8) is 0 Å². The SMILES string of the molecule is CCN(CC1CCNCC1)C(=O)c1cn(C)cn1. The summed E-state index contributed by atoms with van der Waals surface area (Å²) in [6.07, 6.45) is 5.77. The summed E-state index contributed by atoms with van der Waals surface area (Å²) in [5, 5.41) is 3.35. The second kappa shape index (κ2) is 6.00. The van der Waals surface area contributed by atoms with Crippen LogP contribution >= 0.6 is 0 Å². The van der Waals surface area contributed by atoms with Crippen LogP contribution in [0.5, 0.6) is 0 Å². The molecule has 2 rings (SSSR count). The number of carbonyl (C=O) groups excluding carboxylic acids is 1. The molecule has 1 saturated heterocycles. The molecule has 1 aromatic rings. The zero-order valence-electron chi connectivity index (χ0n) is 11.2. The van der Waals surface area contributed by atoms with E-state index in [4.69, 9.17) is 0 Å². The second-order valence-electron chi connectivity index (χ2n) is 4.96. The Morgan fingerprint density at radius 1 is 1.56 bits per heavy atom. The van der Waals surface area contributed by atoms with Gasteiger partial charge in [-0.25, -0.2) is 4.98 Å². The normalized spacial score (nSPS) is 16.8. The highest BCUT2D eigenvalue weighted by Gasteiger charge is 2.21. The highest BCUT2D eigenvalue weighted by atomic mass is 16.2. The lowest BCUT2D eigenvalue weighted by Crippen LogP contribution is -2.39. The van der Waals surface area contributed by atoms with Gasteiger partial charge in [0.2, 0.25) is 0 Å². The third-order valence-electron chi connectivity index (χ3n) is 3.53. The monoisotopic (exact) mass is 250 g/mol. The summed E-state index contributed by atoms with van der Waals surface area (Å²) in [6.45, 7) is 5.77. The summed E-state index contributed by atoms with van der Waals surface area (Å²) >= 11 is 0. The van der Waals surface area contributed by atoms with E-state index in [9.17, 15) is 4.79 Å². The van der Waals surface area contributed by atoms with Crippen LogP contribution in [0.3, 0.4) is 0 Å². The van der Waals surface area contributed by atoms with Gasteiger partial charge in [-0.3, -0.25) is 4.79 Å². The second-order valence-corrected chi connectivity index (χ2v) is 4.96. The van der Waals surface area contributed by atoms with Crippen molar-refractivity contribution in [3.05, 3.63) is 18.2 Å². The van der Waals surface area contributed by atoms with E-state index in [1.54, 1.807) is 12.5 Å². The first kappa shape index (κ1) is 13.1. The highest BCUT2D eigenvalue weighted by molar-refractivity contribution is 5.92. The fraction of sp³-hybridized carbons (Fsp3) is 0.692. The molecule has 0 unspecified atom stereocenters. The number of hydrogen-bond donors (Lipinski definition) is 1. The van der Waals surface area contributed by atoms with Crippen LogP contribution < -0.4 is 5.32 Å². The van der Waals surface area contributed by atoms with Crippen LogP contribution in [0, 0.1) is 5.92 Å². The first-order valence-electron chi connectivity index (χ1n) is 6.68. The van der Waals surface area contributed by atoms with Crippen molar-refractivity contribution in [2.24, 2.45) is 13.0 Å². The van der Waals surface area contributed by atoms with Gasteiger partial charge in [-0.1, -0.05) is 0 Å². The van der Waals surface area contributed by atoms with Crippen LogP contribution in [-0.2, 0) is 7.05 Å². The van der Waals surface area contributed by atoms with Gasteiger partial charge in [0.15, 0.2) is 0 Å². The van der Waals surface area contributed by atoms with E-state index in [1.807, 2.05) is 23.4 Å². The molecule has 0 radical (unpaired) electrons. The Labute approximate surface area is 108 Å². The lowest BCUT2D eigenvalue weighted by atomic mass is 9.97. The van der Waals surface area contributed by atoms with E-state index in [2.05, 4.69) is 10.3 Å². The van der Waals surface area contributed by atoms with Crippen molar-refractivity contribution >= 4 is 5.91 Å². The predicted octanol–water partition coefficient (Wildman–Crippen LogP) is 0.882. The molecule has 5 heteroatoms. The van der Waals surface area contributed by atoms with Crippen LogP contribution in [0.15, 0.2) is 12.5 Å². The maximum Gasteiger partial charge on any atom is 0.274 e. The Hall–Kier alpha value is -1.36. The van der Waals surface area contributed by atoms with E-state index < -0.39 is 0 Å². The lowest BCUT2D eigenvalue weighted by Gasteiger charge is -2.29. The standard InChI is InChI=1S/C13H22N4O/c1-3-17(8-11-4-6-14-7-5-11)13(18)12-9-16(2)10-15-12/h9-11,14H,3-8H2,1-2H3. The smallest absolute Gasteiger partial charge is 0.274 e. The van der Waals surface area contributed by atoms with Crippen LogP contribution in [0.2, 0.25) is 0 Å². The minimum atomic E-state index is 0.0524. The molecule has 1 aromatic heterocycles. The number of imidazole rings is 1. The average Bonchev–Trinajstić information content (AvgIpc) is 2.83. The first-order valence-corrected chi connectivity index (χ1v) is 6.68. The summed E-state index contributed by atoms with van der Waals surface area (Å²) in [4.78, 5) is 18.3. The molecule has 1 amide bonds. The van der Waals surface area contributed by atoms with Gasteiger partial charge in [0.1, 0.15) is 5.69 Å². The summed E-state index contributed by atoms with van der Waals surface area (Å²) in [5.41, 5.74) is 0.549. The van der Waals surface area contributed by atoms with Crippen molar-refractivity contribution in [3.8, 4) is 0 Å². The molecule has 1 fully saturated rings. The number of nitrogens with one attached hydrogen (secondary N) is 1. The van der Waals surface area contributed by atoms with Gasteiger partial charge in [0.05, 0.1) is 6.33 Å². The third kappa shape index (κ3) is 3.10. The van der Waals surface area contributed by atoms with E-state index >= 15 is 0 Å². The number of hydrogen-bond acceptors (Lipinski definition) is 3. The third-order valence-corrected chi connectivity index (χ3v) is 3.53. The predicted molar refractivity (Wildman–Crippen MR) is 70.4 cm³/mol. The zero-order chi connectivity index (χ0) is 13.0. The Balaban J connectivity index is 1.97. The van der Waals surface area contributed by atoms with Crippen LogP contribution in [-0.4, -0.2) is 46.5 Å². The number of rotatable bonds is 4. The molecule has 1 N–H and O–H groups in total. The van der Waals surface area contributed by atoms with Crippen molar-refractivity contribution < 1.29 is 4.79 Å². The molecule has 0 atom stereocenters. The maximum absolute atomic E-state index is 12.3. The van der Waals surface area contributed by atoms with E-state index in [1.165, 1.54) is 0 Å². The maximum atomic E-state index is 12.3.